The Bertz CT molecular complexity index is 1940. The van der Waals surface area contributed by atoms with Crippen molar-refractivity contribution in [3.05, 3.63) is 78.3 Å². The Morgan fingerprint density at radius 2 is 1.75 bits per heavy atom. The number of carboxylic acid groups (broad SMARTS) is 1. The summed E-state index contributed by atoms with van der Waals surface area (Å²) < 4.78 is 5.56. The number of carboxylic acids is 1. The lowest BCUT2D eigenvalue weighted by molar-refractivity contribution is -0.159. The lowest BCUT2D eigenvalue weighted by Gasteiger charge is -2.54. The van der Waals surface area contributed by atoms with Crippen LogP contribution in [0.3, 0.4) is 0 Å². The highest BCUT2D eigenvalue weighted by Crippen LogP contribution is 2.58. The van der Waals surface area contributed by atoms with E-state index in [1.165, 1.54) is 6.07 Å². The van der Waals surface area contributed by atoms with Crippen LogP contribution in [0.25, 0.3) is 5.78 Å². The highest BCUT2D eigenvalue weighted by atomic mass is 16.5. The maximum Gasteiger partial charge on any atom is 0.448 e. The van der Waals surface area contributed by atoms with Crippen molar-refractivity contribution in [2.24, 2.45) is 10.8 Å². The second kappa shape index (κ2) is 10.4. The number of nitrogen functional groups attached to an aromatic ring is 1. The zero-order valence-electron chi connectivity index (χ0n) is 23.6. The zero-order valence-corrected chi connectivity index (χ0v) is 23.6. The molecule has 0 spiro atoms. The highest BCUT2D eigenvalue weighted by Gasteiger charge is 2.54. The summed E-state index contributed by atoms with van der Waals surface area (Å²) in [6.07, 6.45) is 3.70. The van der Waals surface area contributed by atoms with E-state index in [4.69, 9.17) is 10.3 Å². The molecule has 228 valence electrons. The summed E-state index contributed by atoms with van der Waals surface area (Å²) in [6, 6.07) is 7.56. The van der Waals surface area contributed by atoms with Gasteiger partial charge < -0.3 is 26.8 Å². The molecule has 3 aliphatic carbocycles. The fourth-order valence-corrected chi connectivity index (χ4v) is 6.46. The molecule has 4 aromatic rings. The average molecular weight is 604 g/mol. The van der Waals surface area contributed by atoms with E-state index in [1.807, 2.05) is 6.92 Å². The van der Waals surface area contributed by atoms with Crippen molar-refractivity contribution in [2.45, 2.75) is 58.0 Å². The van der Waals surface area contributed by atoms with Crippen LogP contribution in [-0.4, -0.2) is 43.5 Å². The smallest absolute Gasteiger partial charge is 0.448 e. The first-order valence-electron chi connectivity index (χ1n) is 14.1. The Labute approximate surface area is 248 Å². The number of aliphatic carboxylic acids is 1. The zero-order chi connectivity index (χ0) is 31.4. The fourth-order valence-electron chi connectivity index (χ4n) is 6.46. The lowest BCUT2D eigenvalue weighted by Crippen LogP contribution is -2.54. The molecule has 7 rings (SSSR count). The third kappa shape index (κ3) is 4.69. The van der Waals surface area contributed by atoms with Crippen molar-refractivity contribution in [3.63, 3.8) is 0 Å². The summed E-state index contributed by atoms with van der Waals surface area (Å²) in [5.41, 5.74) is 3.76. The van der Waals surface area contributed by atoms with E-state index < -0.39 is 39.8 Å². The van der Waals surface area contributed by atoms with Gasteiger partial charge in [-0.1, -0.05) is 12.1 Å². The molecule has 3 aliphatic rings. The van der Waals surface area contributed by atoms with Gasteiger partial charge in [-0.2, -0.15) is 0 Å². The van der Waals surface area contributed by atoms with Gasteiger partial charge in [0.25, 0.3) is 28.4 Å². The van der Waals surface area contributed by atoms with Gasteiger partial charge in [-0.15, -0.1) is 0 Å². The van der Waals surface area contributed by atoms with Gasteiger partial charge in [0.15, 0.2) is 0 Å². The number of amides is 2. The van der Waals surface area contributed by atoms with E-state index in [0.717, 1.165) is 4.40 Å². The molecule has 3 saturated carbocycles. The molecule has 2 bridgehead atoms. The number of nitrogens with one attached hydrogen (secondary N) is 3. The van der Waals surface area contributed by atoms with E-state index in [-0.39, 0.29) is 46.5 Å². The number of anilines is 3. The predicted molar refractivity (Wildman–Crippen MR) is 155 cm³/mol. The molecule has 0 saturated heterocycles. The maximum absolute atomic E-state index is 13.4. The number of rotatable bonds is 9. The van der Waals surface area contributed by atoms with Gasteiger partial charge in [-0.3, -0.25) is 28.5 Å². The Kier molecular flexibility index (Phi) is 6.82. The van der Waals surface area contributed by atoms with Gasteiger partial charge in [-0.05, 0) is 79.8 Å². The summed E-state index contributed by atoms with van der Waals surface area (Å²) in [7, 11) is 0. The Morgan fingerprint density at radius 3 is 2.41 bits per heavy atom. The van der Waals surface area contributed by atoms with Crippen LogP contribution < -0.4 is 38.3 Å². The molecule has 3 fully saturated rings. The summed E-state index contributed by atoms with van der Waals surface area (Å²) >= 11 is 0. The summed E-state index contributed by atoms with van der Waals surface area (Å²) in [4.78, 5) is 78.1. The number of nitrogens with two attached hydrogens (primary N) is 1. The predicted octanol–water partition coefficient (Wildman–Crippen LogP) is 1.08. The molecule has 6 N–H and O–H groups in total. The van der Waals surface area contributed by atoms with E-state index in [2.05, 4.69) is 26.1 Å². The van der Waals surface area contributed by atoms with Gasteiger partial charge in [0.1, 0.15) is 22.8 Å². The number of carbonyl (C=O) groups is 3. The number of hydrogen-bond acceptors (Lipinski definition) is 11. The molecule has 1 atom stereocenters. The van der Waals surface area contributed by atoms with Crippen LogP contribution in [0.15, 0.2) is 49.2 Å². The molecular formula is C29H29N7O8. The molecular weight excluding hydrogens is 574 g/mol. The van der Waals surface area contributed by atoms with Gasteiger partial charge in [0.05, 0.1) is 5.41 Å². The van der Waals surface area contributed by atoms with Crippen LogP contribution >= 0.6 is 0 Å². The Balaban J connectivity index is 1.17. The lowest BCUT2D eigenvalue weighted by atomic mass is 9.52. The molecule has 2 heterocycles. The van der Waals surface area contributed by atoms with Gasteiger partial charge in [-0.25, -0.2) is 14.2 Å². The molecule has 15 nitrogen and oxygen atoms in total. The van der Waals surface area contributed by atoms with E-state index in [1.54, 1.807) is 24.3 Å². The quantitative estimate of drug-likeness (QED) is 0.169. The summed E-state index contributed by atoms with van der Waals surface area (Å²) in [6.45, 7) is 1.88. The monoisotopic (exact) mass is 603 g/mol. The normalized spacial score (nSPS) is 21.7. The van der Waals surface area contributed by atoms with Crippen LogP contribution in [0.1, 0.15) is 72.0 Å². The first-order chi connectivity index (χ1) is 20.9. The van der Waals surface area contributed by atoms with Crippen LogP contribution in [0.2, 0.25) is 0 Å². The van der Waals surface area contributed by atoms with Gasteiger partial charge >= 0.3 is 11.7 Å². The van der Waals surface area contributed by atoms with Crippen molar-refractivity contribution >= 4 is 40.6 Å². The number of nitrogens with zero attached hydrogens (tertiary/aromatic N) is 3. The van der Waals surface area contributed by atoms with E-state index in [0.29, 0.717) is 49.8 Å². The van der Waals surface area contributed by atoms with Crippen LogP contribution in [0.5, 0.6) is 0 Å². The van der Waals surface area contributed by atoms with Crippen molar-refractivity contribution in [1.29, 1.82) is 0 Å². The van der Waals surface area contributed by atoms with E-state index >= 15 is 0 Å². The minimum atomic E-state index is -0.958. The molecule has 2 aromatic carbocycles. The minimum absolute atomic E-state index is 0.00146. The molecule has 0 radical (unpaired) electrons. The third-order valence-corrected chi connectivity index (χ3v) is 9.41. The number of fused-ring (bicyclic) bond motifs is 4. The summed E-state index contributed by atoms with van der Waals surface area (Å²) in [5.74, 6) is -3.27. The minimum Gasteiger partial charge on any atom is -0.481 e. The number of carbonyl (C=O) groups excluding carboxylic acids is 2. The van der Waals surface area contributed by atoms with Crippen LogP contribution in [-0.2, 0) is 11.3 Å². The SMILES string of the molecule is CC(NC(=O)c1cc(C(=O)NCc2cccc(Nc3c(N)c(=O)c3=O)c2)n2c(=O)onc2n1)C12CCC(C(=O)O)(CC1)CC2. The first kappa shape index (κ1) is 28.8. The van der Waals surface area contributed by atoms with E-state index in [9.17, 15) is 33.9 Å². The molecule has 0 aliphatic heterocycles. The standard InChI is InChI=1S/C29H29N7O8/c1-14(28-5-8-29(9-6-28,10-7-28)25(41)42)32-23(39)17-12-18(36-26(34-17)35-44-27(36)43)24(40)31-13-15-3-2-4-16(11-15)33-20-19(30)21(37)22(20)38/h2-4,11-12,14,33H,5-10,13,30H2,1H3,(H,31,40)(H,32,39)(H,41,42). The first-order valence-corrected chi connectivity index (χ1v) is 14.1. The fraction of sp³-hybridized carbons (Fsp3) is 0.379. The number of aromatic nitrogens is 3. The molecule has 2 aromatic heterocycles. The second-order valence-electron chi connectivity index (χ2n) is 11.7. The molecule has 44 heavy (non-hydrogen) atoms. The summed E-state index contributed by atoms with van der Waals surface area (Å²) in [5, 5.41) is 21.7. The number of hydrogen-bond donors (Lipinski definition) is 5. The highest BCUT2D eigenvalue weighted by molar-refractivity contribution is 5.98. The Morgan fingerprint density at radius 1 is 1.05 bits per heavy atom. The van der Waals surface area contributed by atoms with Crippen molar-refractivity contribution in [3.8, 4) is 0 Å². The van der Waals surface area contributed by atoms with Crippen LogP contribution in [0.4, 0.5) is 17.1 Å². The van der Waals surface area contributed by atoms with Crippen LogP contribution in [0, 0.1) is 10.8 Å². The second-order valence-corrected chi connectivity index (χ2v) is 11.7. The van der Waals surface area contributed by atoms with Crippen molar-refractivity contribution in [2.75, 3.05) is 11.1 Å². The molecule has 15 heteroatoms. The third-order valence-electron chi connectivity index (χ3n) is 9.41. The molecule has 1 unspecified atom stereocenters. The average Bonchev–Trinajstić information content (AvgIpc) is 3.42. The van der Waals surface area contributed by atoms with Gasteiger partial charge in [0, 0.05) is 18.3 Å². The van der Waals surface area contributed by atoms with Gasteiger partial charge in [0.2, 0.25) is 0 Å². The maximum atomic E-state index is 13.4. The van der Waals surface area contributed by atoms with Crippen molar-refractivity contribution < 1.29 is 24.0 Å². The topological polar surface area (TPSA) is 228 Å². The largest absolute Gasteiger partial charge is 0.481 e. The van der Waals surface area contributed by atoms with Crippen molar-refractivity contribution in [1.82, 2.24) is 25.2 Å². The Hall–Kier alpha value is -5.34. The molecule has 2 amide bonds. The number of benzene rings is 1.